The number of likely N-dealkylation sites (N-methyl/N-ethyl adjacent to an activating group) is 1. The third-order valence-electron chi connectivity index (χ3n) is 5.11. The predicted molar refractivity (Wildman–Crippen MR) is 129 cm³/mol. The highest BCUT2D eigenvalue weighted by atomic mass is 35.5. The molecule has 0 bridgehead atoms. The minimum absolute atomic E-state index is 0.0242. The smallest absolute Gasteiger partial charge is 0.244 e. The summed E-state index contributed by atoms with van der Waals surface area (Å²) in [5, 5.41) is 2.77. The molecule has 2 rings (SSSR count). The van der Waals surface area contributed by atoms with Gasteiger partial charge in [-0.3, -0.25) is 13.9 Å². The van der Waals surface area contributed by atoms with E-state index < -0.39 is 28.5 Å². The van der Waals surface area contributed by atoms with E-state index in [2.05, 4.69) is 5.32 Å². The van der Waals surface area contributed by atoms with Crippen molar-refractivity contribution in [3.8, 4) is 0 Å². The van der Waals surface area contributed by atoms with Gasteiger partial charge in [-0.1, -0.05) is 60.5 Å². The number of carbonyl (C=O) groups excluding carboxylic acids is 2. The number of sulfonamides is 1. The molecule has 0 spiro atoms. The average molecular weight is 500 g/mol. The second-order valence-electron chi connectivity index (χ2n) is 7.33. The molecule has 0 aliphatic rings. The van der Waals surface area contributed by atoms with Crippen LogP contribution in [0.15, 0.2) is 42.5 Å². The Morgan fingerprint density at radius 1 is 1.09 bits per heavy atom. The zero-order chi connectivity index (χ0) is 24.1. The van der Waals surface area contributed by atoms with Crippen LogP contribution >= 0.6 is 23.2 Å². The van der Waals surface area contributed by atoms with E-state index in [4.69, 9.17) is 23.2 Å². The first-order chi connectivity index (χ1) is 15.0. The Bertz CT molecular complexity index is 1090. The average Bonchev–Trinajstić information content (AvgIpc) is 2.74. The predicted octanol–water partition coefficient (Wildman–Crippen LogP) is 3.62. The Morgan fingerprint density at radius 3 is 2.31 bits per heavy atom. The van der Waals surface area contributed by atoms with Crippen molar-refractivity contribution in [2.24, 2.45) is 0 Å². The van der Waals surface area contributed by atoms with Crippen LogP contribution in [0.5, 0.6) is 0 Å². The molecule has 2 amide bonds. The zero-order valence-corrected chi connectivity index (χ0v) is 20.8. The molecule has 1 atom stereocenters. The number of amides is 2. The molecule has 7 nitrogen and oxygen atoms in total. The number of nitrogens with one attached hydrogen (secondary N) is 1. The molecular weight excluding hydrogens is 473 g/mol. The minimum atomic E-state index is -3.88. The van der Waals surface area contributed by atoms with Gasteiger partial charge in [0.15, 0.2) is 0 Å². The lowest BCUT2D eigenvalue weighted by molar-refractivity contribution is -0.140. The van der Waals surface area contributed by atoms with Crippen LogP contribution in [0.1, 0.15) is 24.5 Å². The third kappa shape index (κ3) is 6.15. The number of halogens is 2. The molecule has 0 saturated carbocycles. The lowest BCUT2D eigenvalue weighted by Gasteiger charge is -2.33. The highest BCUT2D eigenvalue weighted by Crippen LogP contribution is 2.33. The summed E-state index contributed by atoms with van der Waals surface area (Å²) in [5.74, 6) is -0.869. The van der Waals surface area contributed by atoms with E-state index in [0.29, 0.717) is 6.42 Å². The van der Waals surface area contributed by atoms with E-state index in [1.54, 1.807) is 13.0 Å². The van der Waals surface area contributed by atoms with Gasteiger partial charge in [0, 0.05) is 13.6 Å². The number of anilines is 1. The minimum Gasteiger partial charge on any atom is -0.357 e. The topological polar surface area (TPSA) is 86.8 Å². The fraction of sp³-hybridized carbons (Fsp3) is 0.364. The first-order valence-electron chi connectivity index (χ1n) is 9.98. The lowest BCUT2D eigenvalue weighted by atomic mass is 10.1. The van der Waals surface area contributed by atoms with Crippen molar-refractivity contribution in [3.05, 3.63) is 63.6 Å². The molecule has 0 fully saturated rings. The number of hydrogen-bond acceptors (Lipinski definition) is 4. The SMILES string of the molecule is CCC(C(=O)NC)N(Cc1ccccc1C)C(=O)CN(c1cccc(Cl)c1Cl)S(C)(=O)=O. The van der Waals surface area contributed by atoms with E-state index in [9.17, 15) is 18.0 Å². The van der Waals surface area contributed by atoms with E-state index in [0.717, 1.165) is 21.7 Å². The molecule has 0 saturated heterocycles. The van der Waals surface area contributed by atoms with Crippen LogP contribution in [0.3, 0.4) is 0 Å². The number of aryl methyl sites for hydroxylation is 1. The van der Waals surface area contributed by atoms with Gasteiger partial charge in [-0.05, 0) is 36.6 Å². The van der Waals surface area contributed by atoms with Gasteiger partial charge in [0.25, 0.3) is 0 Å². The van der Waals surface area contributed by atoms with Crippen LogP contribution in [0, 0.1) is 6.92 Å². The summed E-state index contributed by atoms with van der Waals surface area (Å²) in [4.78, 5) is 27.4. The molecule has 0 radical (unpaired) electrons. The molecule has 1 unspecified atom stereocenters. The van der Waals surface area contributed by atoms with Gasteiger partial charge in [-0.25, -0.2) is 8.42 Å². The van der Waals surface area contributed by atoms with Crippen LogP contribution < -0.4 is 9.62 Å². The van der Waals surface area contributed by atoms with Crippen molar-refractivity contribution < 1.29 is 18.0 Å². The first-order valence-corrected chi connectivity index (χ1v) is 12.6. The molecule has 0 heterocycles. The maximum atomic E-state index is 13.5. The largest absolute Gasteiger partial charge is 0.357 e. The van der Waals surface area contributed by atoms with Crippen LogP contribution in [-0.4, -0.2) is 51.0 Å². The maximum Gasteiger partial charge on any atom is 0.244 e. The van der Waals surface area contributed by atoms with Gasteiger partial charge >= 0.3 is 0 Å². The van der Waals surface area contributed by atoms with Gasteiger partial charge in [-0.15, -0.1) is 0 Å². The number of hydrogen-bond donors (Lipinski definition) is 1. The van der Waals surface area contributed by atoms with Crippen molar-refractivity contribution in [2.45, 2.75) is 32.9 Å². The fourth-order valence-electron chi connectivity index (χ4n) is 3.34. The van der Waals surface area contributed by atoms with Crippen molar-refractivity contribution in [1.82, 2.24) is 10.2 Å². The summed E-state index contributed by atoms with van der Waals surface area (Å²) in [6.45, 7) is 3.32. The van der Waals surface area contributed by atoms with Crippen LogP contribution in [0.4, 0.5) is 5.69 Å². The first kappa shape index (κ1) is 26.0. The van der Waals surface area contributed by atoms with Crippen molar-refractivity contribution in [3.63, 3.8) is 0 Å². The Hall–Kier alpha value is -2.29. The molecular formula is C22H27Cl2N3O4S. The van der Waals surface area contributed by atoms with E-state index in [1.165, 1.54) is 24.1 Å². The Kier molecular flexibility index (Phi) is 8.95. The Morgan fingerprint density at radius 2 is 1.75 bits per heavy atom. The van der Waals surface area contributed by atoms with Gasteiger partial charge in [0.1, 0.15) is 12.6 Å². The highest BCUT2D eigenvalue weighted by molar-refractivity contribution is 7.92. The fourth-order valence-corrected chi connectivity index (χ4v) is 4.64. The molecule has 2 aromatic carbocycles. The molecule has 0 aliphatic heterocycles. The Labute approximate surface area is 199 Å². The highest BCUT2D eigenvalue weighted by Gasteiger charge is 2.32. The van der Waals surface area contributed by atoms with Gasteiger partial charge < -0.3 is 10.2 Å². The van der Waals surface area contributed by atoms with Crippen molar-refractivity contribution in [2.75, 3.05) is 24.2 Å². The molecule has 32 heavy (non-hydrogen) atoms. The number of carbonyl (C=O) groups is 2. The van der Waals surface area contributed by atoms with Gasteiger partial charge in [0.05, 0.1) is 22.0 Å². The van der Waals surface area contributed by atoms with E-state index in [-0.39, 0.29) is 28.2 Å². The van der Waals surface area contributed by atoms with Crippen molar-refractivity contribution in [1.29, 1.82) is 0 Å². The third-order valence-corrected chi connectivity index (χ3v) is 7.05. The van der Waals surface area contributed by atoms with E-state index >= 15 is 0 Å². The molecule has 0 aliphatic carbocycles. The summed E-state index contributed by atoms with van der Waals surface area (Å²) in [6.07, 6.45) is 1.34. The lowest BCUT2D eigenvalue weighted by Crippen LogP contribution is -2.51. The number of nitrogens with zero attached hydrogens (tertiary/aromatic N) is 2. The number of rotatable bonds is 9. The van der Waals surface area contributed by atoms with Crippen LogP contribution in [-0.2, 0) is 26.2 Å². The second-order valence-corrected chi connectivity index (χ2v) is 10.0. The van der Waals surface area contributed by atoms with E-state index in [1.807, 2.05) is 31.2 Å². The maximum absolute atomic E-state index is 13.5. The quantitative estimate of drug-likeness (QED) is 0.570. The normalized spacial score (nSPS) is 12.2. The standard InChI is InChI=1S/C22H27Cl2N3O4S/c1-5-18(22(29)25-3)26(13-16-10-7-6-9-15(16)2)20(28)14-27(32(4,30)31)19-12-8-11-17(23)21(19)24/h6-12,18H,5,13-14H2,1-4H3,(H,25,29). The summed E-state index contributed by atoms with van der Waals surface area (Å²) >= 11 is 12.3. The zero-order valence-electron chi connectivity index (χ0n) is 18.4. The summed E-state index contributed by atoms with van der Waals surface area (Å²) in [5.41, 5.74) is 1.91. The van der Waals surface area contributed by atoms with Gasteiger partial charge in [-0.2, -0.15) is 0 Å². The second kappa shape index (κ2) is 11.0. The van der Waals surface area contributed by atoms with Crippen LogP contribution in [0.25, 0.3) is 0 Å². The Balaban J connectivity index is 2.49. The summed E-state index contributed by atoms with van der Waals surface area (Å²) in [7, 11) is -2.39. The molecule has 0 aromatic heterocycles. The van der Waals surface area contributed by atoms with Gasteiger partial charge in [0.2, 0.25) is 21.8 Å². The molecule has 10 heteroatoms. The molecule has 174 valence electrons. The van der Waals surface area contributed by atoms with Crippen molar-refractivity contribution >= 4 is 50.7 Å². The molecule has 2 aromatic rings. The molecule has 1 N–H and O–H groups in total. The summed E-state index contributed by atoms with van der Waals surface area (Å²) in [6, 6.07) is 11.3. The monoisotopic (exact) mass is 499 g/mol. The number of benzene rings is 2. The summed E-state index contributed by atoms with van der Waals surface area (Å²) < 4.78 is 26.0. The van der Waals surface area contributed by atoms with Crippen LogP contribution in [0.2, 0.25) is 10.0 Å².